The second-order valence-electron chi connectivity index (χ2n) is 5.86. The van der Waals surface area contributed by atoms with E-state index in [4.69, 9.17) is 5.41 Å². The van der Waals surface area contributed by atoms with Crippen molar-refractivity contribution in [1.82, 2.24) is 4.90 Å². The first kappa shape index (κ1) is 13.8. The Morgan fingerprint density at radius 3 is 2.09 bits per heavy atom. The molecule has 4 rings (SSSR count). The molecule has 0 aromatic heterocycles. The summed E-state index contributed by atoms with van der Waals surface area (Å²) in [6.07, 6.45) is 0. The van der Waals surface area contributed by atoms with Crippen LogP contribution in [0, 0.1) is 5.41 Å². The molecule has 0 radical (unpaired) electrons. The second-order valence-corrected chi connectivity index (χ2v) is 5.86. The average molecular weight is 298 g/mol. The van der Waals surface area contributed by atoms with E-state index in [1.807, 2.05) is 18.2 Å². The smallest absolute Gasteiger partial charge is 0.129 e. The van der Waals surface area contributed by atoms with E-state index >= 15 is 0 Å². The molecule has 1 aliphatic heterocycles. The topological polar surface area (TPSA) is 27.1 Å². The number of amidine groups is 1. The van der Waals surface area contributed by atoms with E-state index in [1.54, 1.807) is 0 Å². The minimum atomic E-state index is 0.111. The molecule has 0 bridgehead atoms. The maximum atomic E-state index is 8.64. The van der Waals surface area contributed by atoms with Gasteiger partial charge < -0.3 is 4.90 Å². The van der Waals surface area contributed by atoms with E-state index < -0.39 is 0 Å². The second kappa shape index (κ2) is 5.73. The number of fused-ring (bicyclic) bond motifs is 1. The van der Waals surface area contributed by atoms with Crippen LogP contribution in [0.2, 0.25) is 0 Å². The predicted octanol–water partition coefficient (Wildman–Crippen LogP) is 4.62. The lowest BCUT2D eigenvalue weighted by Crippen LogP contribution is -2.28. The normalized spacial score (nSPS) is 16.4. The molecular formula is C21H18N2. The summed E-state index contributed by atoms with van der Waals surface area (Å²) in [5.41, 5.74) is 4.72. The molecule has 0 amide bonds. The predicted molar refractivity (Wildman–Crippen MR) is 93.5 cm³/mol. The number of nitrogens with zero attached hydrogens (tertiary/aromatic N) is 1. The SMILES string of the molecule is N=C1c2ccccc2C(c2ccccc2)N1Cc1ccccc1. The molecule has 1 atom stereocenters. The van der Waals surface area contributed by atoms with E-state index in [2.05, 4.69) is 71.6 Å². The Morgan fingerprint density at radius 2 is 1.35 bits per heavy atom. The van der Waals surface area contributed by atoms with Crippen molar-refractivity contribution < 1.29 is 0 Å². The van der Waals surface area contributed by atoms with Crippen LogP contribution in [0.1, 0.15) is 28.3 Å². The molecule has 0 aliphatic carbocycles. The lowest BCUT2D eigenvalue weighted by atomic mass is 9.98. The summed E-state index contributed by atoms with van der Waals surface area (Å²) in [7, 11) is 0. The van der Waals surface area contributed by atoms with Crippen molar-refractivity contribution in [3.05, 3.63) is 107 Å². The molecule has 23 heavy (non-hydrogen) atoms. The molecule has 1 unspecified atom stereocenters. The standard InChI is InChI=1S/C21H18N2/c22-21-19-14-8-7-13-18(19)20(17-11-5-2-6-12-17)23(21)15-16-9-3-1-4-10-16/h1-14,20,22H,15H2. The van der Waals surface area contributed by atoms with Gasteiger partial charge >= 0.3 is 0 Å². The van der Waals surface area contributed by atoms with Gasteiger partial charge in [0.15, 0.2) is 0 Å². The third-order valence-corrected chi connectivity index (χ3v) is 4.42. The average Bonchev–Trinajstić information content (AvgIpc) is 2.89. The first-order valence-electron chi connectivity index (χ1n) is 7.88. The highest BCUT2D eigenvalue weighted by Gasteiger charge is 2.34. The Kier molecular flexibility index (Phi) is 3.43. The fourth-order valence-corrected chi connectivity index (χ4v) is 3.35. The van der Waals surface area contributed by atoms with E-state index in [9.17, 15) is 0 Å². The van der Waals surface area contributed by atoms with Gasteiger partial charge in [0.25, 0.3) is 0 Å². The van der Waals surface area contributed by atoms with Gasteiger partial charge in [-0.3, -0.25) is 5.41 Å². The molecule has 1 aliphatic rings. The maximum absolute atomic E-state index is 8.64. The van der Waals surface area contributed by atoms with Crippen LogP contribution in [0.15, 0.2) is 84.9 Å². The largest absolute Gasteiger partial charge is 0.341 e. The van der Waals surface area contributed by atoms with E-state index in [-0.39, 0.29) is 6.04 Å². The van der Waals surface area contributed by atoms with Crippen LogP contribution >= 0.6 is 0 Å². The van der Waals surface area contributed by atoms with Crippen LogP contribution in [0.25, 0.3) is 0 Å². The molecule has 112 valence electrons. The number of nitrogens with one attached hydrogen (secondary N) is 1. The quantitative estimate of drug-likeness (QED) is 0.750. The van der Waals surface area contributed by atoms with Gasteiger partial charge in [-0.05, 0) is 16.7 Å². The van der Waals surface area contributed by atoms with Crippen molar-refractivity contribution in [1.29, 1.82) is 5.41 Å². The Labute approximate surface area is 136 Å². The van der Waals surface area contributed by atoms with Crippen molar-refractivity contribution >= 4 is 5.84 Å². The summed E-state index contributed by atoms with van der Waals surface area (Å²) < 4.78 is 0. The Balaban J connectivity index is 1.79. The molecule has 0 fully saturated rings. The van der Waals surface area contributed by atoms with E-state index in [0.717, 1.165) is 12.1 Å². The van der Waals surface area contributed by atoms with Gasteiger partial charge in [-0.15, -0.1) is 0 Å². The van der Waals surface area contributed by atoms with Crippen LogP contribution in [0.5, 0.6) is 0 Å². The molecule has 2 nitrogen and oxygen atoms in total. The van der Waals surface area contributed by atoms with Crippen LogP contribution in [-0.4, -0.2) is 10.7 Å². The highest BCUT2D eigenvalue weighted by molar-refractivity contribution is 6.01. The third-order valence-electron chi connectivity index (χ3n) is 4.42. The summed E-state index contributed by atoms with van der Waals surface area (Å²) in [4.78, 5) is 2.19. The maximum Gasteiger partial charge on any atom is 0.129 e. The zero-order chi connectivity index (χ0) is 15.6. The molecule has 1 heterocycles. The fraction of sp³-hybridized carbons (Fsp3) is 0.0952. The van der Waals surface area contributed by atoms with Crippen molar-refractivity contribution in [2.45, 2.75) is 12.6 Å². The molecule has 3 aromatic carbocycles. The monoisotopic (exact) mass is 298 g/mol. The summed E-state index contributed by atoms with van der Waals surface area (Å²) in [5.74, 6) is 0.610. The van der Waals surface area contributed by atoms with Crippen molar-refractivity contribution in [3.8, 4) is 0 Å². The fourth-order valence-electron chi connectivity index (χ4n) is 3.35. The van der Waals surface area contributed by atoms with Crippen molar-refractivity contribution in [2.24, 2.45) is 0 Å². The lowest BCUT2D eigenvalue weighted by Gasteiger charge is -2.27. The van der Waals surface area contributed by atoms with Crippen LogP contribution in [0.3, 0.4) is 0 Å². The van der Waals surface area contributed by atoms with E-state index in [1.165, 1.54) is 16.7 Å². The van der Waals surface area contributed by atoms with Gasteiger partial charge in [-0.1, -0.05) is 84.9 Å². The molecule has 1 N–H and O–H groups in total. The summed E-state index contributed by atoms with van der Waals surface area (Å²) in [6.45, 7) is 0.744. The van der Waals surface area contributed by atoms with Gasteiger partial charge in [0.1, 0.15) is 5.84 Å². The van der Waals surface area contributed by atoms with Crippen molar-refractivity contribution in [3.63, 3.8) is 0 Å². The Bertz CT molecular complexity index is 825. The minimum Gasteiger partial charge on any atom is -0.341 e. The zero-order valence-electron chi connectivity index (χ0n) is 12.8. The number of benzene rings is 3. The minimum absolute atomic E-state index is 0.111. The van der Waals surface area contributed by atoms with Crippen LogP contribution in [0.4, 0.5) is 0 Å². The van der Waals surface area contributed by atoms with Crippen LogP contribution < -0.4 is 0 Å². The summed E-state index contributed by atoms with van der Waals surface area (Å²) in [5, 5.41) is 8.64. The number of hydrogen-bond donors (Lipinski definition) is 1. The lowest BCUT2D eigenvalue weighted by molar-refractivity contribution is 0.365. The molecule has 2 heteroatoms. The van der Waals surface area contributed by atoms with Gasteiger partial charge in [0.2, 0.25) is 0 Å². The van der Waals surface area contributed by atoms with E-state index in [0.29, 0.717) is 5.84 Å². The highest BCUT2D eigenvalue weighted by Crippen LogP contribution is 2.39. The van der Waals surface area contributed by atoms with Gasteiger partial charge in [0, 0.05) is 12.1 Å². The Hall–Kier alpha value is -2.87. The van der Waals surface area contributed by atoms with Gasteiger partial charge in [-0.2, -0.15) is 0 Å². The first-order valence-corrected chi connectivity index (χ1v) is 7.88. The molecule has 0 saturated heterocycles. The molecule has 0 saturated carbocycles. The van der Waals surface area contributed by atoms with Gasteiger partial charge in [-0.25, -0.2) is 0 Å². The molecular weight excluding hydrogens is 280 g/mol. The first-order chi connectivity index (χ1) is 11.3. The molecule has 0 spiro atoms. The summed E-state index contributed by atoms with van der Waals surface area (Å²) in [6, 6.07) is 29.3. The summed E-state index contributed by atoms with van der Waals surface area (Å²) >= 11 is 0. The Morgan fingerprint density at radius 1 is 0.739 bits per heavy atom. The van der Waals surface area contributed by atoms with Crippen molar-refractivity contribution in [2.75, 3.05) is 0 Å². The number of hydrogen-bond acceptors (Lipinski definition) is 1. The molecule has 3 aromatic rings. The van der Waals surface area contributed by atoms with Gasteiger partial charge in [0.05, 0.1) is 6.04 Å². The zero-order valence-corrected chi connectivity index (χ0v) is 12.8. The number of rotatable bonds is 3. The third kappa shape index (κ3) is 2.42. The highest BCUT2D eigenvalue weighted by atomic mass is 15.2. The van der Waals surface area contributed by atoms with Crippen LogP contribution in [-0.2, 0) is 6.54 Å².